The molecule has 0 saturated heterocycles. The maximum Gasteiger partial charge on any atom is 0.123 e. The molecule has 20 heavy (non-hydrogen) atoms. The van der Waals surface area contributed by atoms with Crippen molar-refractivity contribution in [3.63, 3.8) is 0 Å². The second-order valence-electron chi connectivity index (χ2n) is 5.60. The molecule has 3 atom stereocenters. The van der Waals surface area contributed by atoms with Crippen LogP contribution in [0.3, 0.4) is 0 Å². The van der Waals surface area contributed by atoms with Gasteiger partial charge >= 0.3 is 0 Å². The predicted molar refractivity (Wildman–Crippen MR) is 86.8 cm³/mol. The lowest BCUT2D eigenvalue weighted by atomic mass is 9.92. The van der Waals surface area contributed by atoms with Gasteiger partial charge < -0.3 is 4.74 Å². The van der Waals surface area contributed by atoms with Crippen LogP contribution in [0.2, 0.25) is 0 Å². The van der Waals surface area contributed by atoms with Gasteiger partial charge in [0.2, 0.25) is 0 Å². The molecule has 1 aliphatic rings. The van der Waals surface area contributed by atoms with Crippen LogP contribution in [0.25, 0.3) is 0 Å². The summed E-state index contributed by atoms with van der Waals surface area (Å²) in [7, 11) is 0. The molecular formula is C18H19BrO. The van der Waals surface area contributed by atoms with E-state index >= 15 is 0 Å². The molecule has 0 saturated carbocycles. The van der Waals surface area contributed by atoms with Gasteiger partial charge in [-0.25, -0.2) is 0 Å². The lowest BCUT2D eigenvalue weighted by molar-refractivity contribution is 0.254. The molecule has 0 radical (unpaired) electrons. The second kappa shape index (κ2) is 5.61. The number of ether oxygens (including phenoxy) is 1. The van der Waals surface area contributed by atoms with Gasteiger partial charge in [0.05, 0.1) is 0 Å². The summed E-state index contributed by atoms with van der Waals surface area (Å²) in [6, 6.07) is 17.2. The van der Waals surface area contributed by atoms with E-state index in [0.29, 0.717) is 16.8 Å². The largest absolute Gasteiger partial charge is 0.490 e. The Balaban J connectivity index is 1.84. The number of hydrogen-bond acceptors (Lipinski definition) is 1. The number of alkyl halides is 1. The fourth-order valence-electron chi connectivity index (χ4n) is 2.83. The van der Waals surface area contributed by atoms with Crippen LogP contribution in [0.5, 0.6) is 5.75 Å². The van der Waals surface area contributed by atoms with Crippen molar-refractivity contribution in [3.8, 4) is 5.75 Å². The van der Waals surface area contributed by atoms with E-state index in [2.05, 4.69) is 78.3 Å². The monoisotopic (exact) mass is 330 g/mol. The highest BCUT2D eigenvalue weighted by atomic mass is 79.9. The molecule has 2 aromatic rings. The zero-order chi connectivity index (χ0) is 14.1. The van der Waals surface area contributed by atoms with Crippen LogP contribution in [0.1, 0.15) is 41.3 Å². The zero-order valence-electron chi connectivity index (χ0n) is 11.8. The summed E-state index contributed by atoms with van der Waals surface area (Å²) >= 11 is 3.87. The highest BCUT2D eigenvalue weighted by molar-refractivity contribution is 9.09. The van der Waals surface area contributed by atoms with Gasteiger partial charge in [0.15, 0.2) is 0 Å². The third kappa shape index (κ3) is 2.62. The van der Waals surface area contributed by atoms with Gasteiger partial charge in [0, 0.05) is 11.2 Å². The molecule has 2 heteroatoms. The molecule has 1 heterocycles. The minimum Gasteiger partial charge on any atom is -0.490 e. The summed E-state index contributed by atoms with van der Waals surface area (Å²) in [6.45, 7) is 4.39. The topological polar surface area (TPSA) is 9.23 Å². The quantitative estimate of drug-likeness (QED) is 0.698. The van der Waals surface area contributed by atoms with Crippen LogP contribution in [-0.2, 0) is 6.42 Å². The van der Waals surface area contributed by atoms with E-state index in [9.17, 15) is 0 Å². The summed E-state index contributed by atoms with van der Waals surface area (Å²) in [5.41, 5.74) is 4.03. The Bertz CT molecular complexity index is 594. The summed E-state index contributed by atoms with van der Waals surface area (Å²) in [5, 5.41) is 0. The standard InChI is InChI=1S/C18H19BrO/c1-12-10-16-11-15(8-9-17(16)20-12)18(19)13(2)14-6-4-3-5-7-14/h3-9,11-13,18H,10H2,1-2H3. The molecule has 1 aliphatic heterocycles. The molecule has 3 rings (SSSR count). The molecule has 104 valence electrons. The van der Waals surface area contributed by atoms with E-state index in [-0.39, 0.29) is 0 Å². The summed E-state index contributed by atoms with van der Waals surface area (Å²) in [6.07, 6.45) is 1.32. The normalized spacial score (nSPS) is 20.1. The Hall–Kier alpha value is -1.28. The van der Waals surface area contributed by atoms with Crippen LogP contribution < -0.4 is 4.74 Å². The molecular weight excluding hydrogens is 312 g/mol. The SMILES string of the molecule is CC1Cc2cc(C(Br)C(C)c3ccccc3)ccc2O1. The van der Waals surface area contributed by atoms with Crippen LogP contribution in [0, 0.1) is 0 Å². The molecule has 0 N–H and O–H groups in total. The first-order valence-corrected chi connectivity index (χ1v) is 8.05. The van der Waals surface area contributed by atoms with Crippen molar-refractivity contribution in [3.05, 3.63) is 65.2 Å². The van der Waals surface area contributed by atoms with E-state index in [0.717, 1.165) is 12.2 Å². The molecule has 1 nitrogen and oxygen atoms in total. The Morgan fingerprint density at radius 3 is 2.60 bits per heavy atom. The van der Waals surface area contributed by atoms with E-state index in [1.807, 2.05) is 0 Å². The van der Waals surface area contributed by atoms with Crippen molar-refractivity contribution in [2.24, 2.45) is 0 Å². The maximum atomic E-state index is 5.77. The Morgan fingerprint density at radius 2 is 1.85 bits per heavy atom. The lowest BCUT2D eigenvalue weighted by Crippen LogP contribution is -2.05. The summed E-state index contributed by atoms with van der Waals surface area (Å²) in [4.78, 5) is 0.325. The van der Waals surface area contributed by atoms with Gasteiger partial charge in [-0.3, -0.25) is 0 Å². The second-order valence-corrected chi connectivity index (χ2v) is 6.59. The van der Waals surface area contributed by atoms with Crippen molar-refractivity contribution in [2.75, 3.05) is 0 Å². The summed E-state index contributed by atoms with van der Waals surface area (Å²) in [5.74, 6) is 1.49. The third-order valence-corrected chi connectivity index (χ3v) is 5.32. The van der Waals surface area contributed by atoms with Crippen molar-refractivity contribution in [2.45, 2.75) is 37.1 Å². The Morgan fingerprint density at radius 1 is 1.10 bits per heavy atom. The van der Waals surface area contributed by atoms with E-state index in [1.165, 1.54) is 16.7 Å². The van der Waals surface area contributed by atoms with E-state index in [1.54, 1.807) is 0 Å². The number of benzene rings is 2. The highest BCUT2D eigenvalue weighted by Gasteiger charge is 2.23. The number of halogens is 1. The van der Waals surface area contributed by atoms with Gasteiger partial charge in [-0.1, -0.05) is 65.3 Å². The first kappa shape index (κ1) is 13.7. The Kier molecular flexibility index (Phi) is 3.84. The fourth-order valence-corrected chi connectivity index (χ4v) is 3.42. The van der Waals surface area contributed by atoms with Crippen LogP contribution in [0.4, 0.5) is 0 Å². The van der Waals surface area contributed by atoms with Crippen molar-refractivity contribution >= 4 is 15.9 Å². The number of hydrogen-bond donors (Lipinski definition) is 0. The van der Waals surface area contributed by atoms with Crippen molar-refractivity contribution < 1.29 is 4.74 Å². The molecule has 0 aliphatic carbocycles. The zero-order valence-corrected chi connectivity index (χ0v) is 13.4. The average molecular weight is 331 g/mol. The third-order valence-electron chi connectivity index (χ3n) is 4.00. The van der Waals surface area contributed by atoms with Gasteiger partial charge in [-0.05, 0) is 35.6 Å². The molecule has 0 bridgehead atoms. The first-order chi connectivity index (χ1) is 9.65. The molecule has 3 unspecified atom stereocenters. The van der Waals surface area contributed by atoms with E-state index in [4.69, 9.17) is 4.74 Å². The number of fused-ring (bicyclic) bond motifs is 1. The first-order valence-electron chi connectivity index (χ1n) is 7.13. The molecule has 2 aromatic carbocycles. The van der Waals surface area contributed by atoms with Crippen LogP contribution >= 0.6 is 15.9 Å². The predicted octanol–water partition coefficient (Wildman–Crippen LogP) is 5.25. The van der Waals surface area contributed by atoms with Gasteiger partial charge in [0.25, 0.3) is 0 Å². The van der Waals surface area contributed by atoms with Crippen molar-refractivity contribution in [1.29, 1.82) is 0 Å². The van der Waals surface area contributed by atoms with Crippen LogP contribution in [-0.4, -0.2) is 6.10 Å². The van der Waals surface area contributed by atoms with Crippen LogP contribution in [0.15, 0.2) is 48.5 Å². The minimum atomic E-state index is 0.306. The smallest absolute Gasteiger partial charge is 0.123 e. The highest BCUT2D eigenvalue weighted by Crippen LogP contribution is 2.40. The fraction of sp³-hybridized carbons (Fsp3) is 0.333. The number of rotatable bonds is 3. The van der Waals surface area contributed by atoms with Gasteiger partial charge in [-0.15, -0.1) is 0 Å². The average Bonchev–Trinajstić information content (AvgIpc) is 2.85. The summed E-state index contributed by atoms with van der Waals surface area (Å²) < 4.78 is 5.77. The van der Waals surface area contributed by atoms with E-state index < -0.39 is 0 Å². The molecule has 0 fully saturated rings. The Labute approximate surface area is 129 Å². The van der Waals surface area contributed by atoms with Gasteiger partial charge in [-0.2, -0.15) is 0 Å². The molecule has 0 aromatic heterocycles. The molecule has 0 spiro atoms. The lowest BCUT2D eigenvalue weighted by Gasteiger charge is -2.19. The maximum absolute atomic E-state index is 5.77. The minimum absolute atomic E-state index is 0.306. The van der Waals surface area contributed by atoms with Gasteiger partial charge in [0.1, 0.15) is 11.9 Å². The van der Waals surface area contributed by atoms with Crippen molar-refractivity contribution in [1.82, 2.24) is 0 Å². The molecule has 0 amide bonds.